The summed E-state index contributed by atoms with van der Waals surface area (Å²) in [5.74, 6) is 1.27. The topological polar surface area (TPSA) is 71.8 Å². The summed E-state index contributed by atoms with van der Waals surface area (Å²) in [5.41, 5.74) is 7.77. The lowest BCUT2D eigenvalue weighted by Crippen LogP contribution is -2.10. The SMILES string of the molecule is Nc1ccc(-c2cc(=O)[nH]c(CSc3ccccc3)n2)cc1. The minimum absolute atomic E-state index is 0.148. The van der Waals surface area contributed by atoms with Gasteiger partial charge in [0.15, 0.2) is 0 Å². The van der Waals surface area contributed by atoms with Crippen molar-refractivity contribution in [2.24, 2.45) is 0 Å². The molecule has 5 heteroatoms. The van der Waals surface area contributed by atoms with Gasteiger partial charge in [-0.05, 0) is 24.3 Å². The summed E-state index contributed by atoms with van der Waals surface area (Å²) in [4.78, 5) is 20.3. The number of nitrogens with two attached hydrogens (primary N) is 1. The van der Waals surface area contributed by atoms with Crippen LogP contribution in [-0.2, 0) is 5.75 Å². The lowest BCUT2D eigenvalue weighted by atomic mass is 10.1. The molecule has 1 heterocycles. The number of nitrogens with one attached hydrogen (secondary N) is 1. The highest BCUT2D eigenvalue weighted by Gasteiger charge is 2.05. The predicted molar refractivity (Wildman–Crippen MR) is 90.7 cm³/mol. The highest BCUT2D eigenvalue weighted by molar-refractivity contribution is 7.98. The summed E-state index contributed by atoms with van der Waals surface area (Å²) in [6.07, 6.45) is 0. The molecular weight excluding hydrogens is 294 g/mol. The zero-order valence-electron chi connectivity index (χ0n) is 11.8. The highest BCUT2D eigenvalue weighted by Crippen LogP contribution is 2.22. The van der Waals surface area contributed by atoms with Crippen molar-refractivity contribution in [3.05, 3.63) is 76.8 Å². The summed E-state index contributed by atoms with van der Waals surface area (Å²) < 4.78 is 0. The van der Waals surface area contributed by atoms with Crippen LogP contribution in [0.5, 0.6) is 0 Å². The molecule has 0 unspecified atom stereocenters. The molecular formula is C17H15N3OS. The van der Waals surface area contributed by atoms with Gasteiger partial charge in [-0.3, -0.25) is 4.79 Å². The Labute approximate surface area is 132 Å². The van der Waals surface area contributed by atoms with E-state index in [1.54, 1.807) is 23.9 Å². The summed E-state index contributed by atoms with van der Waals surface area (Å²) in [7, 11) is 0. The lowest BCUT2D eigenvalue weighted by Gasteiger charge is -2.05. The van der Waals surface area contributed by atoms with Crippen LogP contribution in [0.1, 0.15) is 5.82 Å². The smallest absolute Gasteiger partial charge is 0.251 e. The standard InChI is InChI=1S/C17H15N3OS/c18-13-8-6-12(7-9-13)15-10-17(21)20-16(19-15)11-22-14-4-2-1-3-5-14/h1-10H,11,18H2,(H,19,20,21). The van der Waals surface area contributed by atoms with Gasteiger partial charge < -0.3 is 10.7 Å². The van der Waals surface area contributed by atoms with Crippen LogP contribution >= 0.6 is 11.8 Å². The summed E-state index contributed by atoms with van der Waals surface area (Å²) >= 11 is 1.64. The third kappa shape index (κ3) is 3.56. The number of aromatic nitrogens is 2. The summed E-state index contributed by atoms with van der Waals surface area (Å²) in [6, 6.07) is 18.9. The second-order valence-electron chi connectivity index (χ2n) is 4.80. The fourth-order valence-corrected chi connectivity index (χ4v) is 2.84. The molecule has 0 saturated heterocycles. The first-order valence-corrected chi connectivity index (χ1v) is 7.83. The van der Waals surface area contributed by atoms with Crippen LogP contribution in [-0.4, -0.2) is 9.97 Å². The zero-order chi connectivity index (χ0) is 15.4. The van der Waals surface area contributed by atoms with E-state index >= 15 is 0 Å². The maximum atomic E-state index is 11.8. The van der Waals surface area contributed by atoms with Gasteiger partial charge in [0.25, 0.3) is 5.56 Å². The van der Waals surface area contributed by atoms with E-state index in [-0.39, 0.29) is 5.56 Å². The van der Waals surface area contributed by atoms with Crippen molar-refractivity contribution in [1.29, 1.82) is 0 Å². The van der Waals surface area contributed by atoms with E-state index in [4.69, 9.17) is 5.73 Å². The number of H-pyrrole nitrogens is 1. The van der Waals surface area contributed by atoms with Crippen molar-refractivity contribution in [3.8, 4) is 11.3 Å². The molecule has 0 aliphatic carbocycles. The summed E-state index contributed by atoms with van der Waals surface area (Å²) in [6.45, 7) is 0. The molecule has 3 aromatic rings. The number of rotatable bonds is 4. The Morgan fingerprint density at radius 3 is 2.50 bits per heavy atom. The molecule has 0 aliphatic heterocycles. The van der Waals surface area contributed by atoms with Crippen LogP contribution in [0.3, 0.4) is 0 Å². The van der Waals surface area contributed by atoms with Crippen LogP contribution in [0.2, 0.25) is 0 Å². The first-order valence-electron chi connectivity index (χ1n) is 6.85. The quantitative estimate of drug-likeness (QED) is 0.573. The number of hydrogen-bond acceptors (Lipinski definition) is 4. The maximum absolute atomic E-state index is 11.8. The average molecular weight is 309 g/mol. The van der Waals surface area contributed by atoms with E-state index in [2.05, 4.69) is 9.97 Å². The Morgan fingerprint density at radius 1 is 1.05 bits per heavy atom. The maximum Gasteiger partial charge on any atom is 0.251 e. The molecule has 22 heavy (non-hydrogen) atoms. The van der Waals surface area contributed by atoms with Gasteiger partial charge in [0.1, 0.15) is 5.82 Å². The van der Waals surface area contributed by atoms with Crippen LogP contribution in [0.15, 0.2) is 70.4 Å². The average Bonchev–Trinajstić information content (AvgIpc) is 2.54. The molecule has 0 spiro atoms. The molecule has 3 N–H and O–H groups in total. The predicted octanol–water partition coefficient (Wildman–Crippen LogP) is 3.31. The van der Waals surface area contributed by atoms with Gasteiger partial charge in [0.05, 0.1) is 11.4 Å². The minimum atomic E-state index is -0.148. The van der Waals surface area contributed by atoms with Gasteiger partial charge in [-0.25, -0.2) is 4.98 Å². The van der Waals surface area contributed by atoms with E-state index < -0.39 is 0 Å². The van der Waals surface area contributed by atoms with E-state index in [1.807, 2.05) is 42.5 Å². The second-order valence-corrected chi connectivity index (χ2v) is 5.85. The van der Waals surface area contributed by atoms with E-state index in [0.29, 0.717) is 23.0 Å². The Balaban J connectivity index is 1.84. The first-order chi connectivity index (χ1) is 10.7. The summed E-state index contributed by atoms with van der Waals surface area (Å²) in [5, 5.41) is 0. The largest absolute Gasteiger partial charge is 0.399 e. The normalized spacial score (nSPS) is 10.5. The first kappa shape index (κ1) is 14.4. The van der Waals surface area contributed by atoms with Gasteiger partial charge in [0.2, 0.25) is 0 Å². The van der Waals surface area contributed by atoms with Crippen molar-refractivity contribution in [2.75, 3.05) is 5.73 Å². The van der Waals surface area contributed by atoms with Crippen molar-refractivity contribution in [2.45, 2.75) is 10.6 Å². The van der Waals surface area contributed by atoms with Crippen molar-refractivity contribution >= 4 is 17.4 Å². The zero-order valence-corrected chi connectivity index (χ0v) is 12.6. The van der Waals surface area contributed by atoms with Crippen LogP contribution in [0.25, 0.3) is 11.3 Å². The Bertz CT molecular complexity index is 813. The Hall–Kier alpha value is -2.53. The van der Waals surface area contributed by atoms with Crippen LogP contribution in [0.4, 0.5) is 5.69 Å². The lowest BCUT2D eigenvalue weighted by molar-refractivity contribution is 1.01. The molecule has 0 fully saturated rings. The number of benzene rings is 2. The Morgan fingerprint density at radius 2 is 1.77 bits per heavy atom. The molecule has 0 aliphatic rings. The molecule has 4 nitrogen and oxygen atoms in total. The molecule has 3 rings (SSSR count). The molecule has 0 bridgehead atoms. The third-order valence-electron chi connectivity index (χ3n) is 3.12. The molecule has 1 aromatic heterocycles. The number of hydrogen-bond donors (Lipinski definition) is 2. The molecule has 0 amide bonds. The van der Waals surface area contributed by atoms with Crippen molar-refractivity contribution < 1.29 is 0 Å². The van der Waals surface area contributed by atoms with Gasteiger partial charge in [0, 0.05) is 22.2 Å². The number of aromatic amines is 1. The highest BCUT2D eigenvalue weighted by atomic mass is 32.2. The molecule has 2 aromatic carbocycles. The van der Waals surface area contributed by atoms with E-state index in [1.165, 1.54) is 6.07 Å². The second kappa shape index (κ2) is 6.49. The fraction of sp³-hybridized carbons (Fsp3) is 0.0588. The molecule has 0 atom stereocenters. The number of nitrogens with zero attached hydrogens (tertiary/aromatic N) is 1. The molecule has 0 saturated carbocycles. The number of anilines is 1. The van der Waals surface area contributed by atoms with Gasteiger partial charge in [-0.2, -0.15) is 0 Å². The van der Waals surface area contributed by atoms with E-state index in [9.17, 15) is 4.79 Å². The Kier molecular flexibility index (Phi) is 4.25. The van der Waals surface area contributed by atoms with Crippen LogP contribution < -0.4 is 11.3 Å². The van der Waals surface area contributed by atoms with Gasteiger partial charge in [-0.15, -0.1) is 11.8 Å². The molecule has 110 valence electrons. The third-order valence-corrected chi connectivity index (χ3v) is 4.14. The van der Waals surface area contributed by atoms with Crippen molar-refractivity contribution in [3.63, 3.8) is 0 Å². The minimum Gasteiger partial charge on any atom is -0.399 e. The van der Waals surface area contributed by atoms with Crippen LogP contribution in [0, 0.1) is 0 Å². The number of thioether (sulfide) groups is 1. The van der Waals surface area contributed by atoms with E-state index in [0.717, 1.165) is 10.5 Å². The fourth-order valence-electron chi connectivity index (χ4n) is 2.05. The monoisotopic (exact) mass is 309 g/mol. The molecule has 0 radical (unpaired) electrons. The van der Waals surface area contributed by atoms with Gasteiger partial charge >= 0.3 is 0 Å². The van der Waals surface area contributed by atoms with Crippen molar-refractivity contribution in [1.82, 2.24) is 9.97 Å². The van der Waals surface area contributed by atoms with Gasteiger partial charge in [-0.1, -0.05) is 30.3 Å². The number of nitrogen functional groups attached to an aromatic ring is 1.